The molecule has 2 rings (SSSR count). The average molecular weight is 473 g/mol. The van der Waals surface area contributed by atoms with E-state index >= 15 is 0 Å². The maximum absolute atomic E-state index is 12.2. The molecule has 1 aliphatic carbocycles. The van der Waals surface area contributed by atoms with Crippen LogP contribution in [0.5, 0.6) is 0 Å². The van der Waals surface area contributed by atoms with E-state index in [0.717, 1.165) is 25.7 Å². The van der Waals surface area contributed by atoms with Crippen molar-refractivity contribution in [1.82, 2.24) is 0 Å². The molecule has 5 N–H and O–H groups in total. The molecular weight excluding hydrogens is 436 g/mol. The number of unbranched alkanes of at least 4 members (excludes halogenated alkanes) is 4. The van der Waals surface area contributed by atoms with Gasteiger partial charge in [0.05, 0.1) is 6.10 Å². The van der Waals surface area contributed by atoms with E-state index in [4.69, 9.17) is 14.6 Å². The third kappa shape index (κ3) is 7.58. The van der Waals surface area contributed by atoms with E-state index in [9.17, 15) is 34.8 Å². The van der Waals surface area contributed by atoms with Crippen LogP contribution in [0.25, 0.3) is 0 Å². The van der Waals surface area contributed by atoms with E-state index in [1.165, 1.54) is 0 Å². The van der Waals surface area contributed by atoms with Gasteiger partial charge in [-0.05, 0) is 19.3 Å². The summed E-state index contributed by atoms with van der Waals surface area (Å²) in [5.41, 5.74) is 0. The van der Waals surface area contributed by atoms with Gasteiger partial charge in [-0.3, -0.25) is 9.59 Å². The van der Waals surface area contributed by atoms with Crippen LogP contribution in [-0.2, 0) is 23.9 Å². The highest BCUT2D eigenvalue weighted by Crippen LogP contribution is 2.34. The molecule has 4 unspecified atom stereocenters. The Labute approximate surface area is 193 Å². The highest BCUT2D eigenvalue weighted by Gasteiger charge is 2.48. The molecule has 1 aliphatic heterocycles. The van der Waals surface area contributed by atoms with Crippen LogP contribution in [0, 0.1) is 11.8 Å². The summed E-state index contributed by atoms with van der Waals surface area (Å²) in [6.07, 6.45) is -0.0199. The molecule has 0 radical (unpaired) electrons. The highest BCUT2D eigenvalue weighted by atomic mass is 16.7. The number of ketones is 1. The van der Waals surface area contributed by atoms with Gasteiger partial charge in [0.1, 0.15) is 24.1 Å². The number of carboxylic acids is 1. The van der Waals surface area contributed by atoms with Gasteiger partial charge in [-0.15, -0.1) is 0 Å². The quantitative estimate of drug-likeness (QED) is 0.155. The molecule has 0 aromatic carbocycles. The van der Waals surface area contributed by atoms with Crippen LogP contribution >= 0.6 is 0 Å². The van der Waals surface area contributed by atoms with E-state index in [1.807, 2.05) is 12.2 Å². The van der Waals surface area contributed by atoms with Crippen molar-refractivity contribution in [3.05, 3.63) is 12.2 Å². The number of carboxylic acid groups (broad SMARTS) is 1. The van der Waals surface area contributed by atoms with Crippen molar-refractivity contribution in [2.24, 2.45) is 11.8 Å². The maximum atomic E-state index is 12.2. The normalized spacial score (nSPS) is 34.6. The van der Waals surface area contributed by atoms with Gasteiger partial charge in [-0.1, -0.05) is 44.8 Å². The summed E-state index contributed by atoms with van der Waals surface area (Å²) in [5.74, 6) is -2.49. The van der Waals surface area contributed by atoms with Crippen molar-refractivity contribution in [2.45, 2.75) is 102 Å². The second-order valence-electron chi connectivity index (χ2n) is 8.82. The zero-order valence-corrected chi connectivity index (χ0v) is 18.9. The summed E-state index contributed by atoms with van der Waals surface area (Å²) < 4.78 is 9.87. The number of carbonyl (C=O) groups is 3. The van der Waals surface area contributed by atoms with E-state index < -0.39 is 48.7 Å². The molecule has 10 nitrogen and oxygen atoms in total. The summed E-state index contributed by atoms with van der Waals surface area (Å²) >= 11 is 0. The number of allylic oxidation sites excluding steroid dienone is 1. The van der Waals surface area contributed by atoms with E-state index in [0.29, 0.717) is 19.3 Å². The zero-order chi connectivity index (χ0) is 24.5. The van der Waals surface area contributed by atoms with Crippen molar-refractivity contribution in [1.29, 1.82) is 0 Å². The Morgan fingerprint density at radius 3 is 2.42 bits per heavy atom. The molecule has 1 heterocycles. The van der Waals surface area contributed by atoms with Gasteiger partial charge in [-0.2, -0.15) is 0 Å². The molecule has 8 atom stereocenters. The topological polar surface area (TPSA) is 171 Å². The summed E-state index contributed by atoms with van der Waals surface area (Å²) in [4.78, 5) is 35.3. The Hall–Kier alpha value is -1.85. The number of hydrogen-bond donors (Lipinski definition) is 5. The molecular formula is C23H36O10. The van der Waals surface area contributed by atoms with Crippen molar-refractivity contribution >= 4 is 17.7 Å². The average Bonchev–Trinajstić information content (AvgIpc) is 3.03. The smallest absolute Gasteiger partial charge is 0.335 e. The van der Waals surface area contributed by atoms with E-state index in [-0.39, 0.29) is 30.5 Å². The summed E-state index contributed by atoms with van der Waals surface area (Å²) in [6.45, 7) is 2.07. The fraction of sp³-hybridized carbons (Fsp3) is 0.783. The third-order valence-electron chi connectivity index (χ3n) is 6.25. The van der Waals surface area contributed by atoms with Crippen LogP contribution in [-0.4, -0.2) is 80.1 Å². The first-order chi connectivity index (χ1) is 15.7. The fourth-order valence-corrected chi connectivity index (χ4v) is 4.34. The Kier molecular flexibility index (Phi) is 10.9. The van der Waals surface area contributed by atoms with Gasteiger partial charge >= 0.3 is 11.9 Å². The largest absolute Gasteiger partial charge is 0.479 e. The Morgan fingerprint density at radius 2 is 1.76 bits per heavy atom. The standard InChI is InChI=1S/C23H36O10/c1-2-3-6-9-13-14(16(25)12-15(13)24)10-7-4-5-8-11-17(26)32-23-20(29)18(27)19(28)21(33-23)22(30)31/h6,9,13-15,18-21,23-24,27-29H,2-5,7-8,10-12H2,1H3,(H,30,31)/b9-6+/t13?,14?,15?,18-,19-,20+,21-,23?/m0/s1. The number of carbonyl (C=O) groups excluding carboxylic acids is 2. The lowest BCUT2D eigenvalue weighted by atomic mass is 9.88. The van der Waals surface area contributed by atoms with Crippen LogP contribution < -0.4 is 0 Å². The Balaban J connectivity index is 1.69. The summed E-state index contributed by atoms with van der Waals surface area (Å²) in [5, 5.41) is 48.4. The molecule has 0 aromatic rings. The first-order valence-electron chi connectivity index (χ1n) is 11.7. The first-order valence-corrected chi connectivity index (χ1v) is 11.7. The third-order valence-corrected chi connectivity index (χ3v) is 6.25. The first kappa shape index (κ1) is 27.4. The lowest BCUT2D eigenvalue weighted by molar-refractivity contribution is -0.286. The zero-order valence-electron chi connectivity index (χ0n) is 18.9. The molecule has 33 heavy (non-hydrogen) atoms. The monoisotopic (exact) mass is 472 g/mol. The molecule has 0 aromatic heterocycles. The predicted octanol–water partition coefficient (Wildman–Crippen LogP) is 0.685. The van der Waals surface area contributed by atoms with E-state index in [2.05, 4.69) is 6.92 Å². The van der Waals surface area contributed by atoms with Crippen molar-refractivity contribution in [3.63, 3.8) is 0 Å². The molecule has 188 valence electrons. The molecule has 10 heteroatoms. The number of Topliss-reactive ketones (excluding diaryl/α,β-unsaturated/α-hetero) is 1. The molecule has 0 bridgehead atoms. The van der Waals surface area contributed by atoms with Crippen LogP contribution in [0.3, 0.4) is 0 Å². The fourth-order valence-electron chi connectivity index (χ4n) is 4.34. The summed E-state index contributed by atoms with van der Waals surface area (Å²) in [6, 6.07) is 0. The lowest BCUT2D eigenvalue weighted by Crippen LogP contribution is -2.60. The minimum Gasteiger partial charge on any atom is -0.479 e. The second kappa shape index (κ2) is 13.1. The van der Waals surface area contributed by atoms with Gasteiger partial charge < -0.3 is 35.0 Å². The number of aliphatic hydroxyl groups is 4. The predicted molar refractivity (Wildman–Crippen MR) is 115 cm³/mol. The number of aliphatic hydroxyl groups excluding tert-OH is 4. The van der Waals surface area contributed by atoms with Gasteiger partial charge in [0.25, 0.3) is 0 Å². The highest BCUT2D eigenvalue weighted by molar-refractivity contribution is 5.84. The Bertz CT molecular complexity index is 693. The SMILES string of the molecule is CCC/C=C/C1C(O)CC(=O)C1CCCCCCC(=O)OC1O[C@H](C(=O)O)[C@@H](O)[C@H](O)[C@H]1O. The lowest BCUT2D eigenvalue weighted by Gasteiger charge is -2.37. The molecule has 0 spiro atoms. The molecule has 1 saturated carbocycles. The number of esters is 1. The summed E-state index contributed by atoms with van der Waals surface area (Å²) in [7, 11) is 0. The van der Waals surface area contributed by atoms with Crippen LogP contribution in [0.15, 0.2) is 12.2 Å². The van der Waals surface area contributed by atoms with Gasteiger partial charge in [0.15, 0.2) is 6.10 Å². The molecule has 2 aliphatic rings. The number of hydrogen-bond acceptors (Lipinski definition) is 9. The minimum absolute atomic E-state index is 0.00637. The van der Waals surface area contributed by atoms with Gasteiger partial charge in [-0.25, -0.2) is 4.79 Å². The van der Waals surface area contributed by atoms with Crippen molar-refractivity contribution in [2.75, 3.05) is 0 Å². The second-order valence-corrected chi connectivity index (χ2v) is 8.82. The minimum atomic E-state index is -1.85. The van der Waals surface area contributed by atoms with Gasteiger partial charge in [0, 0.05) is 24.7 Å². The number of rotatable bonds is 12. The van der Waals surface area contributed by atoms with Crippen molar-refractivity contribution in [3.8, 4) is 0 Å². The number of ether oxygens (including phenoxy) is 2. The number of aliphatic carboxylic acids is 1. The molecule has 2 fully saturated rings. The molecule has 0 amide bonds. The van der Waals surface area contributed by atoms with Crippen molar-refractivity contribution < 1.29 is 49.4 Å². The van der Waals surface area contributed by atoms with Crippen LogP contribution in [0.4, 0.5) is 0 Å². The van der Waals surface area contributed by atoms with Crippen LogP contribution in [0.2, 0.25) is 0 Å². The van der Waals surface area contributed by atoms with Crippen LogP contribution in [0.1, 0.15) is 64.7 Å². The van der Waals surface area contributed by atoms with Gasteiger partial charge in [0.2, 0.25) is 6.29 Å². The maximum Gasteiger partial charge on any atom is 0.335 e. The Morgan fingerprint density at radius 1 is 1.06 bits per heavy atom. The molecule has 1 saturated heterocycles. The van der Waals surface area contributed by atoms with E-state index in [1.54, 1.807) is 0 Å².